The Morgan fingerprint density at radius 2 is 2.29 bits per heavy atom. The first kappa shape index (κ1) is 9.15. The SMILES string of the molecule is O=C1CCOc2cc(CO)c(F)cc21. The third-order valence-electron chi connectivity index (χ3n) is 2.21. The molecule has 0 saturated heterocycles. The fourth-order valence-corrected chi connectivity index (χ4v) is 1.44. The van der Waals surface area contributed by atoms with Crippen LogP contribution in [0.2, 0.25) is 0 Å². The van der Waals surface area contributed by atoms with E-state index in [1.165, 1.54) is 6.07 Å². The molecule has 1 aliphatic heterocycles. The number of carbonyl (C=O) groups excluding carboxylic acids is 1. The Hall–Kier alpha value is -1.42. The van der Waals surface area contributed by atoms with Gasteiger partial charge in [0, 0.05) is 12.0 Å². The van der Waals surface area contributed by atoms with Gasteiger partial charge in [0.1, 0.15) is 11.6 Å². The molecule has 0 aromatic heterocycles. The van der Waals surface area contributed by atoms with Gasteiger partial charge >= 0.3 is 0 Å². The van der Waals surface area contributed by atoms with Gasteiger partial charge in [0.2, 0.25) is 0 Å². The van der Waals surface area contributed by atoms with Crippen molar-refractivity contribution < 1.29 is 19.0 Å². The predicted octanol–water partition coefficient (Wildman–Crippen LogP) is 1.28. The monoisotopic (exact) mass is 196 g/mol. The van der Waals surface area contributed by atoms with E-state index in [4.69, 9.17) is 9.84 Å². The van der Waals surface area contributed by atoms with Gasteiger partial charge in [-0.1, -0.05) is 0 Å². The lowest BCUT2D eigenvalue weighted by Gasteiger charge is -2.17. The zero-order valence-electron chi connectivity index (χ0n) is 7.42. The molecule has 1 aromatic rings. The van der Waals surface area contributed by atoms with Gasteiger partial charge in [-0.3, -0.25) is 4.79 Å². The second-order valence-corrected chi connectivity index (χ2v) is 3.12. The van der Waals surface area contributed by atoms with Crippen LogP contribution in [-0.2, 0) is 6.61 Å². The summed E-state index contributed by atoms with van der Waals surface area (Å²) >= 11 is 0. The van der Waals surface area contributed by atoms with Crippen LogP contribution in [0.4, 0.5) is 4.39 Å². The molecule has 1 N–H and O–H groups in total. The molecule has 0 aliphatic carbocycles. The lowest BCUT2D eigenvalue weighted by Crippen LogP contribution is -2.16. The van der Waals surface area contributed by atoms with Crippen LogP contribution in [0.25, 0.3) is 0 Å². The standard InChI is InChI=1S/C10H9FO3/c11-8-4-7-9(13)1-2-14-10(7)3-6(8)5-12/h3-4,12H,1-2,5H2. The van der Waals surface area contributed by atoms with E-state index < -0.39 is 12.4 Å². The Kier molecular flexibility index (Phi) is 2.21. The quantitative estimate of drug-likeness (QED) is 0.736. The highest BCUT2D eigenvalue weighted by Crippen LogP contribution is 2.27. The number of Topliss-reactive ketones (excluding diaryl/α,β-unsaturated/α-hetero) is 1. The van der Waals surface area contributed by atoms with Gasteiger partial charge in [-0.2, -0.15) is 0 Å². The summed E-state index contributed by atoms with van der Waals surface area (Å²) in [7, 11) is 0. The highest BCUT2D eigenvalue weighted by Gasteiger charge is 2.20. The Bertz CT molecular complexity index is 387. The van der Waals surface area contributed by atoms with Crippen LogP contribution in [0.3, 0.4) is 0 Å². The summed E-state index contributed by atoms with van der Waals surface area (Å²) in [5.74, 6) is -0.313. The molecule has 0 radical (unpaired) electrons. The van der Waals surface area contributed by atoms with Crippen molar-refractivity contribution >= 4 is 5.78 Å². The maximum absolute atomic E-state index is 13.2. The van der Waals surface area contributed by atoms with Crippen LogP contribution in [0, 0.1) is 5.82 Å². The molecule has 0 spiro atoms. The Morgan fingerprint density at radius 3 is 3.00 bits per heavy atom. The Labute approximate surface area is 80.1 Å². The molecule has 0 fully saturated rings. The second-order valence-electron chi connectivity index (χ2n) is 3.12. The number of carbonyl (C=O) groups is 1. The Morgan fingerprint density at radius 1 is 1.50 bits per heavy atom. The van der Waals surface area contributed by atoms with E-state index in [1.54, 1.807) is 0 Å². The summed E-state index contributed by atoms with van der Waals surface area (Å²) < 4.78 is 18.4. The molecule has 2 rings (SSSR count). The third-order valence-corrected chi connectivity index (χ3v) is 2.21. The molecular formula is C10H9FO3. The highest BCUT2D eigenvalue weighted by atomic mass is 19.1. The predicted molar refractivity (Wildman–Crippen MR) is 46.8 cm³/mol. The lowest BCUT2D eigenvalue weighted by molar-refractivity contribution is 0.0932. The molecule has 0 saturated carbocycles. The van der Waals surface area contributed by atoms with E-state index in [9.17, 15) is 9.18 Å². The van der Waals surface area contributed by atoms with E-state index in [1.807, 2.05) is 0 Å². The fraction of sp³-hybridized carbons (Fsp3) is 0.300. The van der Waals surface area contributed by atoms with Crippen LogP contribution in [-0.4, -0.2) is 17.5 Å². The minimum absolute atomic E-state index is 0.116. The van der Waals surface area contributed by atoms with Crippen LogP contribution < -0.4 is 4.74 Å². The van der Waals surface area contributed by atoms with E-state index in [0.717, 1.165) is 6.07 Å². The van der Waals surface area contributed by atoms with Crippen LogP contribution >= 0.6 is 0 Å². The number of fused-ring (bicyclic) bond motifs is 1. The van der Waals surface area contributed by atoms with Crippen molar-refractivity contribution in [1.29, 1.82) is 0 Å². The van der Waals surface area contributed by atoms with Crippen molar-refractivity contribution in [1.82, 2.24) is 0 Å². The number of aliphatic hydroxyl groups is 1. The molecular weight excluding hydrogens is 187 g/mol. The fourth-order valence-electron chi connectivity index (χ4n) is 1.44. The number of halogens is 1. The van der Waals surface area contributed by atoms with Gasteiger partial charge in [-0.05, 0) is 12.1 Å². The van der Waals surface area contributed by atoms with Crippen molar-refractivity contribution in [2.24, 2.45) is 0 Å². The van der Waals surface area contributed by atoms with Crippen molar-refractivity contribution in [2.45, 2.75) is 13.0 Å². The molecule has 14 heavy (non-hydrogen) atoms. The minimum Gasteiger partial charge on any atom is -0.492 e. The average molecular weight is 196 g/mol. The molecule has 4 heteroatoms. The number of hydrogen-bond acceptors (Lipinski definition) is 3. The first-order chi connectivity index (χ1) is 6.72. The summed E-state index contributed by atoms with van der Waals surface area (Å²) in [5.41, 5.74) is 0.421. The summed E-state index contributed by atoms with van der Waals surface area (Å²) in [5, 5.41) is 8.81. The first-order valence-corrected chi connectivity index (χ1v) is 4.31. The topological polar surface area (TPSA) is 46.5 Å². The highest BCUT2D eigenvalue weighted by molar-refractivity contribution is 5.99. The summed E-state index contributed by atoms with van der Waals surface area (Å²) in [6.07, 6.45) is 0.283. The third kappa shape index (κ3) is 1.37. The van der Waals surface area contributed by atoms with Crippen LogP contribution in [0.5, 0.6) is 5.75 Å². The number of benzene rings is 1. The average Bonchev–Trinajstić information content (AvgIpc) is 2.19. The largest absolute Gasteiger partial charge is 0.492 e. The van der Waals surface area contributed by atoms with E-state index in [2.05, 4.69) is 0 Å². The van der Waals surface area contributed by atoms with Crippen molar-refractivity contribution in [2.75, 3.05) is 6.61 Å². The Balaban J connectivity index is 2.54. The molecule has 1 heterocycles. The number of ketones is 1. The maximum Gasteiger partial charge on any atom is 0.170 e. The van der Waals surface area contributed by atoms with E-state index in [-0.39, 0.29) is 23.3 Å². The second kappa shape index (κ2) is 3.38. The zero-order valence-corrected chi connectivity index (χ0v) is 7.42. The smallest absolute Gasteiger partial charge is 0.170 e. The summed E-state index contributed by atoms with van der Waals surface area (Å²) in [6.45, 7) is -0.0704. The minimum atomic E-state index is -0.565. The van der Waals surface area contributed by atoms with Gasteiger partial charge in [0.05, 0.1) is 18.8 Å². The van der Waals surface area contributed by atoms with Crippen LogP contribution in [0.15, 0.2) is 12.1 Å². The van der Waals surface area contributed by atoms with Crippen molar-refractivity contribution in [3.05, 3.63) is 29.1 Å². The van der Waals surface area contributed by atoms with E-state index in [0.29, 0.717) is 12.4 Å². The first-order valence-electron chi connectivity index (χ1n) is 4.31. The van der Waals surface area contributed by atoms with Crippen molar-refractivity contribution in [3.8, 4) is 5.75 Å². The molecule has 1 aromatic carbocycles. The molecule has 0 unspecified atom stereocenters. The van der Waals surface area contributed by atoms with Gasteiger partial charge in [0.15, 0.2) is 5.78 Å². The number of rotatable bonds is 1. The molecule has 3 nitrogen and oxygen atoms in total. The molecule has 0 amide bonds. The normalized spacial score (nSPS) is 14.9. The number of ether oxygens (including phenoxy) is 1. The maximum atomic E-state index is 13.2. The summed E-state index contributed by atoms with van der Waals surface area (Å²) in [4.78, 5) is 11.3. The van der Waals surface area contributed by atoms with Gasteiger partial charge in [-0.15, -0.1) is 0 Å². The molecule has 0 atom stereocenters. The zero-order chi connectivity index (χ0) is 10.1. The summed E-state index contributed by atoms with van der Waals surface area (Å²) in [6, 6.07) is 2.50. The number of hydrogen-bond donors (Lipinski definition) is 1. The molecule has 74 valence electrons. The lowest BCUT2D eigenvalue weighted by atomic mass is 10.0. The molecule has 1 aliphatic rings. The van der Waals surface area contributed by atoms with Gasteiger partial charge in [0.25, 0.3) is 0 Å². The van der Waals surface area contributed by atoms with E-state index >= 15 is 0 Å². The van der Waals surface area contributed by atoms with Crippen LogP contribution in [0.1, 0.15) is 22.3 Å². The molecule has 0 bridgehead atoms. The number of aliphatic hydroxyl groups excluding tert-OH is 1. The van der Waals surface area contributed by atoms with Crippen molar-refractivity contribution in [3.63, 3.8) is 0 Å². The van der Waals surface area contributed by atoms with Gasteiger partial charge < -0.3 is 9.84 Å². The van der Waals surface area contributed by atoms with Gasteiger partial charge in [-0.25, -0.2) is 4.39 Å².